The minimum atomic E-state index is -0.513. The number of aryl methyl sites for hydroxylation is 3. The minimum Gasteiger partial charge on any atom is -0.357 e. The third-order valence-electron chi connectivity index (χ3n) is 5.33. The van der Waals surface area contributed by atoms with Gasteiger partial charge in [0.15, 0.2) is 11.7 Å². The number of carbonyl (C=O) groups is 1. The van der Waals surface area contributed by atoms with Gasteiger partial charge in [0.2, 0.25) is 12.4 Å². The van der Waals surface area contributed by atoms with Crippen LogP contribution in [0.5, 0.6) is 0 Å². The van der Waals surface area contributed by atoms with Gasteiger partial charge in [-0.25, -0.2) is 19.4 Å². The highest BCUT2D eigenvalue weighted by Crippen LogP contribution is 2.30. The molecule has 34 heavy (non-hydrogen) atoms. The van der Waals surface area contributed by atoms with Gasteiger partial charge >= 0.3 is 0 Å². The first-order valence-corrected chi connectivity index (χ1v) is 11.8. The number of thiazole rings is 1. The Morgan fingerprint density at radius 3 is 2.88 bits per heavy atom. The zero-order valence-electron chi connectivity index (χ0n) is 19.3. The fourth-order valence-corrected chi connectivity index (χ4v) is 4.63. The molecular weight excluding hydrogens is 459 g/mol. The Labute approximate surface area is 200 Å². The molecule has 11 nitrogen and oxygen atoms in total. The summed E-state index contributed by atoms with van der Waals surface area (Å²) in [5.41, 5.74) is 0. The van der Waals surface area contributed by atoms with Crippen LogP contribution in [0.15, 0.2) is 33.2 Å². The highest BCUT2D eigenvalue weighted by atomic mass is 32.1. The van der Waals surface area contributed by atoms with Gasteiger partial charge in [0.1, 0.15) is 22.7 Å². The number of aromatic nitrogens is 4. The number of nitrogens with one attached hydrogen (secondary N) is 1. The van der Waals surface area contributed by atoms with Crippen LogP contribution in [-0.2, 0) is 4.79 Å². The fraction of sp³-hybridized carbons (Fsp3) is 0.476. The van der Waals surface area contributed by atoms with Crippen molar-refractivity contribution in [2.75, 3.05) is 32.7 Å². The summed E-state index contributed by atoms with van der Waals surface area (Å²) in [5.74, 6) is 0.949. The smallest absolute Gasteiger partial charge is 0.223 e. The Bertz CT molecular complexity index is 1150. The van der Waals surface area contributed by atoms with E-state index in [-0.39, 0.29) is 18.4 Å². The predicted molar refractivity (Wildman–Crippen MR) is 129 cm³/mol. The van der Waals surface area contributed by atoms with E-state index in [2.05, 4.69) is 35.5 Å². The number of halogens is 1. The molecule has 0 aliphatic carbocycles. The van der Waals surface area contributed by atoms with Gasteiger partial charge in [-0.1, -0.05) is 0 Å². The molecule has 2 aliphatic heterocycles. The van der Waals surface area contributed by atoms with Gasteiger partial charge in [0.05, 0.1) is 13.1 Å². The highest BCUT2D eigenvalue weighted by Gasteiger charge is 2.27. The second-order valence-corrected chi connectivity index (χ2v) is 9.09. The van der Waals surface area contributed by atoms with Crippen molar-refractivity contribution in [2.45, 2.75) is 33.2 Å². The number of hydrogen-bond acceptors (Lipinski definition) is 10. The maximum Gasteiger partial charge on any atom is 0.223 e. The molecule has 0 bridgehead atoms. The first-order chi connectivity index (χ1) is 16.5. The zero-order valence-corrected chi connectivity index (χ0v) is 20.2. The highest BCUT2D eigenvalue weighted by molar-refractivity contribution is 7.11. The standard InChI is InChI=1S/C21H27FN10OS/c1-14-12-25-20(34-14)18-5-7-26-31(18)11-10-30(9-8-23-13-33)21-24-6-4-17(22)19(28-21)32-16(3)27-15(2)29-32/h4,7,12-13,18H,5-6,8-11H2,1-3H3,(H,23,33). The van der Waals surface area contributed by atoms with Crippen LogP contribution >= 0.6 is 11.3 Å². The summed E-state index contributed by atoms with van der Waals surface area (Å²) in [7, 11) is 0. The topological polar surface area (TPSA) is 116 Å². The third kappa shape index (κ3) is 5.35. The van der Waals surface area contributed by atoms with Gasteiger partial charge in [-0.15, -0.1) is 16.4 Å². The molecular formula is C21H27FN10OS. The molecule has 180 valence electrons. The van der Waals surface area contributed by atoms with Gasteiger partial charge < -0.3 is 10.2 Å². The first-order valence-electron chi connectivity index (χ1n) is 11.0. The van der Waals surface area contributed by atoms with Crippen LogP contribution in [0, 0.1) is 20.8 Å². The van der Waals surface area contributed by atoms with Gasteiger partial charge in [0.25, 0.3) is 0 Å². The van der Waals surface area contributed by atoms with Gasteiger partial charge in [-0.2, -0.15) is 14.8 Å². The maximum atomic E-state index is 14.9. The van der Waals surface area contributed by atoms with E-state index >= 15 is 0 Å². The number of amides is 1. The molecule has 0 radical (unpaired) electrons. The normalized spacial score (nSPS) is 17.8. The van der Waals surface area contributed by atoms with E-state index in [0.29, 0.717) is 50.2 Å². The van der Waals surface area contributed by atoms with Crippen LogP contribution in [0.3, 0.4) is 0 Å². The third-order valence-corrected chi connectivity index (χ3v) is 6.35. The monoisotopic (exact) mass is 486 g/mol. The van der Waals surface area contributed by atoms with Crippen molar-refractivity contribution >= 4 is 35.8 Å². The Morgan fingerprint density at radius 2 is 2.18 bits per heavy atom. The summed E-state index contributed by atoms with van der Waals surface area (Å²) < 4.78 is 16.2. The number of nitrogens with zero attached hydrogens (tertiary/aromatic N) is 9. The molecule has 0 saturated heterocycles. The lowest BCUT2D eigenvalue weighted by Gasteiger charge is -2.28. The van der Waals surface area contributed by atoms with Crippen LogP contribution in [-0.4, -0.2) is 86.8 Å². The molecule has 2 aromatic rings. The Hall–Kier alpha value is -3.48. The number of carbonyl (C=O) groups excluding carboxylic acids is 1. The van der Waals surface area contributed by atoms with E-state index in [1.165, 1.54) is 10.8 Å². The molecule has 2 aliphatic rings. The van der Waals surface area contributed by atoms with E-state index in [4.69, 9.17) is 0 Å². The second-order valence-electron chi connectivity index (χ2n) is 7.83. The Morgan fingerprint density at radius 1 is 1.32 bits per heavy atom. The lowest BCUT2D eigenvalue weighted by atomic mass is 10.2. The molecule has 13 heteroatoms. The molecule has 1 unspecified atom stereocenters. The van der Waals surface area contributed by atoms with Crippen LogP contribution in [0.1, 0.15) is 34.0 Å². The molecule has 1 amide bonds. The number of guanidine groups is 1. The molecule has 1 N–H and O–H groups in total. The number of rotatable bonds is 8. The number of hydrogen-bond donors (Lipinski definition) is 1. The van der Waals surface area contributed by atoms with Crippen LogP contribution in [0.25, 0.3) is 0 Å². The second kappa shape index (κ2) is 10.6. The van der Waals surface area contributed by atoms with Crippen molar-refractivity contribution in [3.8, 4) is 0 Å². The molecule has 1 atom stereocenters. The summed E-state index contributed by atoms with van der Waals surface area (Å²) in [6, 6.07) is 0.0867. The maximum absolute atomic E-state index is 14.9. The predicted octanol–water partition coefficient (Wildman–Crippen LogP) is 1.61. The summed E-state index contributed by atoms with van der Waals surface area (Å²) in [5, 5.41) is 14.5. The molecule has 4 heterocycles. The van der Waals surface area contributed by atoms with Gasteiger partial charge in [-0.3, -0.25) is 9.80 Å². The van der Waals surface area contributed by atoms with Crippen LogP contribution in [0.4, 0.5) is 4.39 Å². The fourth-order valence-electron chi connectivity index (χ4n) is 3.74. The average Bonchev–Trinajstić information content (AvgIpc) is 3.49. The molecule has 0 saturated carbocycles. The van der Waals surface area contributed by atoms with E-state index < -0.39 is 5.83 Å². The zero-order chi connectivity index (χ0) is 24.1. The molecule has 0 spiro atoms. The molecule has 0 aromatic carbocycles. The Balaban J connectivity index is 1.55. The summed E-state index contributed by atoms with van der Waals surface area (Å²) in [6.07, 6.45) is 6.59. The van der Waals surface area contributed by atoms with E-state index in [9.17, 15) is 9.18 Å². The van der Waals surface area contributed by atoms with E-state index in [1.807, 2.05) is 29.2 Å². The Kier molecular flexibility index (Phi) is 7.40. The van der Waals surface area contributed by atoms with Crippen molar-refractivity contribution in [3.63, 3.8) is 0 Å². The lowest BCUT2D eigenvalue weighted by Crippen LogP contribution is -2.41. The summed E-state index contributed by atoms with van der Waals surface area (Å²) in [4.78, 5) is 31.7. The SMILES string of the molecule is Cc1nc(C)n(C2=NC(N(CCNC=O)CCN3N=CCC3c3ncc(C)s3)=NCC=C2F)n1. The number of allylic oxidation sites excluding steroid dienone is 1. The number of hydrazone groups is 1. The summed E-state index contributed by atoms with van der Waals surface area (Å²) in [6.45, 7) is 7.61. The molecule has 4 rings (SSSR count). The minimum absolute atomic E-state index is 0.0398. The molecule has 0 fully saturated rings. The van der Waals surface area contributed by atoms with Crippen molar-refractivity contribution < 1.29 is 9.18 Å². The van der Waals surface area contributed by atoms with Gasteiger partial charge in [-0.05, 0) is 26.8 Å². The van der Waals surface area contributed by atoms with E-state index in [0.717, 1.165) is 16.3 Å². The van der Waals surface area contributed by atoms with Crippen LogP contribution < -0.4 is 5.32 Å². The van der Waals surface area contributed by atoms with Crippen LogP contribution in [0.2, 0.25) is 0 Å². The molecule has 2 aromatic heterocycles. The van der Waals surface area contributed by atoms with Crippen molar-refractivity contribution in [2.24, 2.45) is 15.1 Å². The largest absolute Gasteiger partial charge is 0.357 e. The quantitative estimate of drug-likeness (QED) is 0.448. The van der Waals surface area contributed by atoms with E-state index in [1.54, 1.807) is 25.2 Å². The van der Waals surface area contributed by atoms with Crippen molar-refractivity contribution in [1.82, 2.24) is 35.0 Å². The van der Waals surface area contributed by atoms with Gasteiger partial charge in [0, 0.05) is 43.3 Å². The van der Waals surface area contributed by atoms with Crippen molar-refractivity contribution in [1.29, 1.82) is 0 Å². The average molecular weight is 487 g/mol. The lowest BCUT2D eigenvalue weighted by molar-refractivity contribution is -0.109. The first kappa shape index (κ1) is 23.7. The number of aliphatic imine (C=N–C) groups is 2. The summed E-state index contributed by atoms with van der Waals surface area (Å²) >= 11 is 1.67. The van der Waals surface area contributed by atoms with Crippen molar-refractivity contribution in [3.05, 3.63) is 39.6 Å².